The normalized spacial score (nSPS) is 12.6. The van der Waals surface area contributed by atoms with E-state index in [9.17, 15) is 5.11 Å². The summed E-state index contributed by atoms with van der Waals surface area (Å²) in [5.41, 5.74) is 0.952. The number of aliphatic hydroxyl groups excluding tert-OH is 1. The second-order valence-electron chi connectivity index (χ2n) is 5.12. The molecule has 0 aliphatic rings. The van der Waals surface area contributed by atoms with Crippen LogP contribution in [0.5, 0.6) is 11.5 Å². The first-order valence-corrected chi connectivity index (χ1v) is 7.22. The molecule has 20 heavy (non-hydrogen) atoms. The van der Waals surface area contributed by atoms with Gasteiger partial charge in [0.25, 0.3) is 0 Å². The molecule has 0 aliphatic heterocycles. The molecule has 0 saturated carbocycles. The first kappa shape index (κ1) is 17.1. The van der Waals surface area contributed by atoms with Crippen LogP contribution >= 0.6 is 11.6 Å². The number of hydrogen-bond donors (Lipinski definition) is 2. The molecule has 4 nitrogen and oxygen atoms in total. The lowest BCUT2D eigenvalue weighted by Crippen LogP contribution is -2.22. The van der Waals surface area contributed by atoms with Gasteiger partial charge in [-0.3, -0.25) is 0 Å². The number of ether oxygens (including phenoxy) is 2. The quantitative estimate of drug-likeness (QED) is 0.775. The van der Waals surface area contributed by atoms with E-state index in [-0.39, 0.29) is 6.10 Å². The van der Waals surface area contributed by atoms with Gasteiger partial charge in [0.1, 0.15) is 0 Å². The lowest BCUT2D eigenvalue weighted by Gasteiger charge is -2.17. The van der Waals surface area contributed by atoms with Crippen molar-refractivity contribution in [1.82, 2.24) is 5.32 Å². The Morgan fingerprint density at radius 3 is 2.55 bits per heavy atom. The van der Waals surface area contributed by atoms with Crippen LogP contribution in [0.4, 0.5) is 0 Å². The number of halogens is 1. The molecule has 1 aromatic rings. The average molecular weight is 302 g/mol. The highest BCUT2D eigenvalue weighted by molar-refractivity contribution is 6.30. The average Bonchev–Trinajstić information content (AvgIpc) is 2.37. The second kappa shape index (κ2) is 8.35. The van der Waals surface area contributed by atoms with E-state index >= 15 is 0 Å². The van der Waals surface area contributed by atoms with E-state index in [2.05, 4.69) is 19.2 Å². The number of nitrogens with one attached hydrogen (secondary N) is 1. The first-order valence-electron chi connectivity index (χ1n) is 6.84. The molecule has 0 aliphatic carbocycles. The fraction of sp³-hybridized carbons (Fsp3) is 0.600. The predicted molar refractivity (Wildman–Crippen MR) is 81.8 cm³/mol. The van der Waals surface area contributed by atoms with Crippen LogP contribution in [0.2, 0.25) is 5.02 Å². The van der Waals surface area contributed by atoms with Crippen molar-refractivity contribution in [1.29, 1.82) is 0 Å². The third-order valence-corrected chi connectivity index (χ3v) is 3.02. The van der Waals surface area contributed by atoms with Gasteiger partial charge in [0, 0.05) is 35.7 Å². The Morgan fingerprint density at radius 2 is 2.00 bits per heavy atom. The Morgan fingerprint density at radius 1 is 1.30 bits per heavy atom. The fourth-order valence-electron chi connectivity index (χ4n) is 1.72. The van der Waals surface area contributed by atoms with E-state index in [1.54, 1.807) is 20.1 Å². The highest BCUT2D eigenvalue weighted by atomic mass is 35.5. The van der Waals surface area contributed by atoms with Crippen molar-refractivity contribution in [3.05, 3.63) is 22.7 Å². The topological polar surface area (TPSA) is 50.7 Å². The molecule has 1 aromatic carbocycles. The lowest BCUT2D eigenvalue weighted by atomic mass is 10.1. The van der Waals surface area contributed by atoms with Crippen molar-refractivity contribution in [2.75, 3.05) is 13.7 Å². The third-order valence-electron chi connectivity index (χ3n) is 2.80. The Labute approximate surface area is 126 Å². The molecule has 114 valence electrons. The van der Waals surface area contributed by atoms with Crippen molar-refractivity contribution < 1.29 is 14.6 Å². The Balaban J connectivity index is 2.90. The van der Waals surface area contributed by atoms with Gasteiger partial charge in [-0.2, -0.15) is 0 Å². The zero-order chi connectivity index (χ0) is 15.1. The molecule has 2 N–H and O–H groups in total. The zero-order valence-corrected chi connectivity index (χ0v) is 13.3. The maximum atomic E-state index is 9.30. The molecule has 0 spiro atoms. The lowest BCUT2D eigenvalue weighted by molar-refractivity contribution is 0.153. The van der Waals surface area contributed by atoms with Gasteiger partial charge in [-0.05, 0) is 13.0 Å². The number of methoxy groups -OCH3 is 1. The molecule has 0 bridgehead atoms. The minimum atomic E-state index is -0.384. The van der Waals surface area contributed by atoms with Crippen LogP contribution in [-0.4, -0.2) is 31.0 Å². The fourth-order valence-corrected chi connectivity index (χ4v) is 1.95. The highest BCUT2D eigenvalue weighted by Gasteiger charge is 2.13. The number of aliphatic hydroxyl groups is 1. The molecule has 0 heterocycles. The smallest absolute Gasteiger partial charge is 0.165 e. The summed E-state index contributed by atoms with van der Waals surface area (Å²) in [6.45, 7) is 6.98. The van der Waals surface area contributed by atoms with Gasteiger partial charge >= 0.3 is 0 Å². The van der Waals surface area contributed by atoms with Gasteiger partial charge < -0.3 is 19.9 Å². The van der Waals surface area contributed by atoms with Crippen molar-refractivity contribution >= 4 is 11.6 Å². The summed E-state index contributed by atoms with van der Waals surface area (Å²) in [6, 6.07) is 3.97. The molecule has 0 radical (unpaired) electrons. The summed E-state index contributed by atoms with van der Waals surface area (Å²) < 4.78 is 11.1. The summed E-state index contributed by atoms with van der Waals surface area (Å²) in [5, 5.41) is 13.3. The van der Waals surface area contributed by atoms with Gasteiger partial charge in [0.15, 0.2) is 11.5 Å². The van der Waals surface area contributed by atoms with Crippen LogP contribution in [0.15, 0.2) is 12.1 Å². The molecule has 0 amide bonds. The van der Waals surface area contributed by atoms with E-state index in [0.29, 0.717) is 42.1 Å². The summed E-state index contributed by atoms with van der Waals surface area (Å²) in [4.78, 5) is 0. The minimum absolute atomic E-state index is 0.366. The molecular weight excluding hydrogens is 278 g/mol. The zero-order valence-electron chi connectivity index (χ0n) is 12.6. The van der Waals surface area contributed by atoms with E-state index < -0.39 is 0 Å². The van der Waals surface area contributed by atoms with Gasteiger partial charge in [0.2, 0.25) is 0 Å². The van der Waals surface area contributed by atoms with Gasteiger partial charge in [-0.15, -0.1) is 0 Å². The van der Waals surface area contributed by atoms with Crippen molar-refractivity contribution in [2.45, 2.75) is 45.9 Å². The van der Waals surface area contributed by atoms with Crippen LogP contribution in [0.1, 0.15) is 32.8 Å². The van der Waals surface area contributed by atoms with Crippen molar-refractivity contribution in [2.24, 2.45) is 0 Å². The maximum Gasteiger partial charge on any atom is 0.165 e. The van der Waals surface area contributed by atoms with E-state index in [0.717, 1.165) is 5.56 Å². The molecule has 0 saturated heterocycles. The summed E-state index contributed by atoms with van der Waals surface area (Å²) >= 11 is 6.10. The second-order valence-corrected chi connectivity index (χ2v) is 5.55. The van der Waals surface area contributed by atoms with Crippen LogP contribution in [0.25, 0.3) is 0 Å². The third kappa shape index (κ3) is 5.57. The predicted octanol–water partition coefficient (Wildman–Crippen LogP) is 3.00. The van der Waals surface area contributed by atoms with Gasteiger partial charge in [0.05, 0.1) is 19.8 Å². The number of benzene rings is 1. The summed E-state index contributed by atoms with van der Waals surface area (Å²) in [5.74, 6) is 1.30. The molecule has 1 atom stereocenters. The Hall–Kier alpha value is -0.970. The molecule has 1 unspecified atom stereocenters. The SMILES string of the molecule is COc1cc(Cl)cc(CNC(C)C)c1OCCC(C)O. The van der Waals surface area contributed by atoms with E-state index in [1.807, 2.05) is 6.07 Å². The van der Waals surface area contributed by atoms with Crippen molar-refractivity contribution in [3.63, 3.8) is 0 Å². The van der Waals surface area contributed by atoms with Crippen LogP contribution in [-0.2, 0) is 6.54 Å². The summed E-state index contributed by atoms with van der Waals surface area (Å²) in [7, 11) is 1.59. The van der Waals surface area contributed by atoms with Gasteiger partial charge in [-0.25, -0.2) is 0 Å². The van der Waals surface area contributed by atoms with E-state index in [1.165, 1.54) is 0 Å². The van der Waals surface area contributed by atoms with Crippen molar-refractivity contribution in [3.8, 4) is 11.5 Å². The standard InChI is InChI=1S/C15H24ClNO3/c1-10(2)17-9-12-7-13(16)8-14(19-4)15(12)20-6-5-11(3)18/h7-8,10-11,17-18H,5-6,9H2,1-4H3. The molecule has 0 aromatic heterocycles. The van der Waals surface area contributed by atoms with Crippen LogP contribution < -0.4 is 14.8 Å². The van der Waals surface area contributed by atoms with Gasteiger partial charge in [-0.1, -0.05) is 25.4 Å². The Kier molecular flexibility index (Phi) is 7.13. The summed E-state index contributed by atoms with van der Waals surface area (Å²) in [6.07, 6.45) is 0.188. The molecular formula is C15H24ClNO3. The largest absolute Gasteiger partial charge is 0.493 e. The highest BCUT2D eigenvalue weighted by Crippen LogP contribution is 2.35. The maximum absolute atomic E-state index is 9.30. The molecule has 0 fully saturated rings. The molecule has 1 rings (SSSR count). The van der Waals surface area contributed by atoms with Crippen LogP contribution in [0, 0.1) is 0 Å². The monoisotopic (exact) mass is 301 g/mol. The van der Waals surface area contributed by atoms with Crippen LogP contribution in [0.3, 0.4) is 0 Å². The molecule has 5 heteroatoms. The number of rotatable bonds is 8. The first-order chi connectivity index (χ1) is 9.43. The Bertz CT molecular complexity index is 422. The number of hydrogen-bond acceptors (Lipinski definition) is 4. The minimum Gasteiger partial charge on any atom is -0.493 e. The van der Waals surface area contributed by atoms with E-state index in [4.69, 9.17) is 21.1 Å².